The molecule has 0 radical (unpaired) electrons. The van der Waals surface area contributed by atoms with Gasteiger partial charge in [0.1, 0.15) is 5.75 Å². The number of ether oxygens (including phenoxy) is 1. The molecule has 4 heteroatoms. The van der Waals surface area contributed by atoms with Crippen LogP contribution >= 0.6 is 0 Å². The second kappa shape index (κ2) is 5.69. The van der Waals surface area contributed by atoms with Crippen LogP contribution in [-0.4, -0.2) is 23.6 Å². The van der Waals surface area contributed by atoms with Gasteiger partial charge in [0.15, 0.2) is 6.29 Å². The van der Waals surface area contributed by atoms with Gasteiger partial charge in [-0.1, -0.05) is 13.8 Å². The van der Waals surface area contributed by atoms with Crippen LogP contribution in [0.1, 0.15) is 42.1 Å². The molecule has 0 aliphatic rings. The molecule has 0 bridgehead atoms. The highest BCUT2D eigenvalue weighted by molar-refractivity contribution is 5.85. The number of hydrogen-bond donors (Lipinski definition) is 1. The largest absolute Gasteiger partial charge is 0.496 e. The first kappa shape index (κ1) is 13.3. The Balaban J connectivity index is 2.51. The number of nitrogens with one attached hydrogen (secondary N) is 1. The molecule has 2 rings (SSSR count). The van der Waals surface area contributed by atoms with Crippen molar-refractivity contribution < 1.29 is 9.53 Å². The summed E-state index contributed by atoms with van der Waals surface area (Å²) in [6, 6.07) is 5.94. The molecule has 1 aromatic carbocycles. The normalized spacial score (nSPS) is 12.2. The van der Waals surface area contributed by atoms with Gasteiger partial charge < -0.3 is 4.74 Å². The first-order chi connectivity index (χ1) is 9.21. The minimum Gasteiger partial charge on any atom is -0.496 e. The number of benzene rings is 1. The molecule has 19 heavy (non-hydrogen) atoms. The molecule has 100 valence electrons. The van der Waals surface area contributed by atoms with Gasteiger partial charge in [-0.3, -0.25) is 9.89 Å². The van der Waals surface area contributed by atoms with Gasteiger partial charge in [0, 0.05) is 5.56 Å². The van der Waals surface area contributed by atoms with Crippen molar-refractivity contribution in [2.75, 3.05) is 7.11 Å². The van der Waals surface area contributed by atoms with Gasteiger partial charge in [-0.25, -0.2) is 0 Å². The summed E-state index contributed by atoms with van der Waals surface area (Å²) in [6.45, 7) is 4.30. The zero-order valence-electron chi connectivity index (χ0n) is 11.4. The Bertz CT molecular complexity index is 575. The predicted octanol–water partition coefficient (Wildman–Crippen LogP) is 3.41. The first-order valence-electron chi connectivity index (χ1n) is 6.38. The third kappa shape index (κ3) is 2.52. The molecule has 4 nitrogen and oxygen atoms in total. The summed E-state index contributed by atoms with van der Waals surface area (Å²) >= 11 is 0. The fourth-order valence-corrected chi connectivity index (χ4v) is 2.11. The average Bonchev–Trinajstić information content (AvgIpc) is 2.94. The highest BCUT2D eigenvalue weighted by Crippen LogP contribution is 2.33. The van der Waals surface area contributed by atoms with Gasteiger partial charge in [-0.2, -0.15) is 5.10 Å². The van der Waals surface area contributed by atoms with Crippen molar-refractivity contribution in [2.24, 2.45) is 0 Å². The number of aldehydes is 1. The Morgan fingerprint density at radius 2 is 2.26 bits per heavy atom. The van der Waals surface area contributed by atoms with E-state index in [2.05, 4.69) is 30.1 Å². The van der Waals surface area contributed by atoms with Crippen LogP contribution in [0.3, 0.4) is 0 Å². The highest BCUT2D eigenvalue weighted by Gasteiger charge is 2.13. The molecule has 1 unspecified atom stereocenters. The lowest BCUT2D eigenvalue weighted by atomic mass is 9.94. The van der Waals surface area contributed by atoms with Crippen LogP contribution in [0.2, 0.25) is 0 Å². The average molecular weight is 258 g/mol. The van der Waals surface area contributed by atoms with Gasteiger partial charge in [-0.15, -0.1) is 0 Å². The quantitative estimate of drug-likeness (QED) is 0.836. The van der Waals surface area contributed by atoms with Crippen LogP contribution in [-0.2, 0) is 0 Å². The van der Waals surface area contributed by atoms with E-state index in [1.807, 2.05) is 12.1 Å². The Kier molecular flexibility index (Phi) is 4.00. The van der Waals surface area contributed by atoms with Gasteiger partial charge in [0.05, 0.1) is 24.6 Å². The van der Waals surface area contributed by atoms with Crippen LogP contribution in [0.15, 0.2) is 24.4 Å². The lowest BCUT2D eigenvalue weighted by Gasteiger charge is -2.15. The Hall–Kier alpha value is -2.10. The van der Waals surface area contributed by atoms with E-state index in [9.17, 15) is 4.79 Å². The number of carbonyl (C=O) groups is 1. The van der Waals surface area contributed by atoms with E-state index in [0.717, 1.165) is 35.3 Å². The number of H-pyrrole nitrogens is 1. The molecule has 0 aliphatic heterocycles. The van der Waals surface area contributed by atoms with Crippen LogP contribution in [0.5, 0.6) is 5.75 Å². The van der Waals surface area contributed by atoms with Crippen molar-refractivity contribution in [2.45, 2.75) is 26.2 Å². The maximum Gasteiger partial charge on any atom is 0.153 e. The number of hydrogen-bond acceptors (Lipinski definition) is 3. The smallest absolute Gasteiger partial charge is 0.153 e. The summed E-state index contributed by atoms with van der Waals surface area (Å²) in [6.07, 6.45) is 3.38. The van der Waals surface area contributed by atoms with Crippen molar-refractivity contribution in [1.82, 2.24) is 10.2 Å². The number of nitrogens with zero attached hydrogens (tertiary/aromatic N) is 1. The SMILES string of the molecule is CCC(C)c1cc(-c2[nH]ncc2C=O)ccc1OC. The maximum absolute atomic E-state index is 11.0. The van der Waals surface area contributed by atoms with E-state index in [-0.39, 0.29) is 0 Å². The van der Waals surface area contributed by atoms with Gasteiger partial charge >= 0.3 is 0 Å². The molecule has 1 atom stereocenters. The minimum atomic E-state index is 0.400. The monoisotopic (exact) mass is 258 g/mol. The van der Waals surface area contributed by atoms with Gasteiger partial charge in [-0.05, 0) is 36.1 Å². The molecule has 1 N–H and O–H groups in total. The zero-order valence-corrected chi connectivity index (χ0v) is 11.4. The first-order valence-corrected chi connectivity index (χ1v) is 6.38. The lowest BCUT2D eigenvalue weighted by molar-refractivity contribution is 0.112. The fraction of sp³-hybridized carbons (Fsp3) is 0.333. The Labute approximate surface area is 112 Å². The molecule has 0 fully saturated rings. The molecule has 0 amide bonds. The van der Waals surface area contributed by atoms with E-state index in [1.54, 1.807) is 7.11 Å². The maximum atomic E-state index is 11.0. The summed E-state index contributed by atoms with van der Waals surface area (Å²) in [5.74, 6) is 1.28. The van der Waals surface area contributed by atoms with Crippen molar-refractivity contribution in [3.63, 3.8) is 0 Å². The number of methoxy groups -OCH3 is 1. The van der Waals surface area contributed by atoms with Gasteiger partial charge in [0.25, 0.3) is 0 Å². The minimum absolute atomic E-state index is 0.400. The van der Waals surface area contributed by atoms with Crippen LogP contribution in [0, 0.1) is 0 Å². The fourth-order valence-electron chi connectivity index (χ4n) is 2.11. The molecular weight excluding hydrogens is 240 g/mol. The van der Waals surface area contributed by atoms with Crippen LogP contribution in [0.25, 0.3) is 11.3 Å². The number of aromatic amines is 1. The summed E-state index contributed by atoms with van der Waals surface area (Å²) in [5.41, 5.74) is 3.42. The molecular formula is C15H18N2O2. The number of aromatic nitrogens is 2. The van der Waals surface area contributed by atoms with Crippen molar-refractivity contribution >= 4 is 6.29 Å². The van der Waals surface area contributed by atoms with E-state index in [1.165, 1.54) is 6.20 Å². The summed E-state index contributed by atoms with van der Waals surface area (Å²) in [7, 11) is 1.67. The topological polar surface area (TPSA) is 55.0 Å². The zero-order chi connectivity index (χ0) is 13.8. The molecule has 2 aromatic rings. The summed E-state index contributed by atoms with van der Waals surface area (Å²) < 4.78 is 5.40. The molecule has 0 saturated heterocycles. The number of carbonyl (C=O) groups excluding carboxylic acids is 1. The predicted molar refractivity (Wildman–Crippen MR) is 74.7 cm³/mol. The molecule has 0 aliphatic carbocycles. The third-order valence-corrected chi connectivity index (χ3v) is 3.46. The van der Waals surface area contributed by atoms with Crippen molar-refractivity contribution in [3.05, 3.63) is 35.5 Å². The molecule has 0 saturated carbocycles. The van der Waals surface area contributed by atoms with E-state index in [0.29, 0.717) is 11.5 Å². The van der Waals surface area contributed by atoms with Crippen molar-refractivity contribution in [1.29, 1.82) is 0 Å². The summed E-state index contributed by atoms with van der Waals surface area (Å²) in [4.78, 5) is 11.0. The Morgan fingerprint density at radius 1 is 1.47 bits per heavy atom. The highest BCUT2D eigenvalue weighted by atomic mass is 16.5. The molecule has 1 heterocycles. The van der Waals surface area contributed by atoms with Crippen LogP contribution < -0.4 is 4.74 Å². The van der Waals surface area contributed by atoms with E-state index < -0.39 is 0 Å². The van der Waals surface area contributed by atoms with Crippen LogP contribution in [0.4, 0.5) is 0 Å². The molecule has 0 spiro atoms. The molecule has 1 aromatic heterocycles. The second-order valence-electron chi connectivity index (χ2n) is 4.58. The van der Waals surface area contributed by atoms with Crippen molar-refractivity contribution in [3.8, 4) is 17.0 Å². The summed E-state index contributed by atoms with van der Waals surface area (Å²) in [5, 5.41) is 6.79. The second-order valence-corrected chi connectivity index (χ2v) is 4.58. The van der Waals surface area contributed by atoms with E-state index in [4.69, 9.17) is 4.74 Å². The lowest BCUT2D eigenvalue weighted by Crippen LogP contribution is -1.97. The third-order valence-electron chi connectivity index (χ3n) is 3.46. The standard InChI is InChI=1S/C15H18N2O2/c1-4-10(2)13-7-11(5-6-14(13)19-3)15-12(9-18)8-16-17-15/h5-10H,4H2,1-3H3,(H,16,17). The number of rotatable bonds is 5. The van der Waals surface area contributed by atoms with Gasteiger partial charge in [0.2, 0.25) is 0 Å². The Morgan fingerprint density at radius 3 is 2.89 bits per heavy atom. The van der Waals surface area contributed by atoms with E-state index >= 15 is 0 Å².